The van der Waals surface area contributed by atoms with E-state index in [0.29, 0.717) is 34.8 Å². The molecule has 0 unspecified atom stereocenters. The van der Waals surface area contributed by atoms with Gasteiger partial charge in [-0.2, -0.15) is 10.1 Å². The first-order valence-corrected chi connectivity index (χ1v) is 10.8. The van der Waals surface area contributed by atoms with Crippen LogP contribution in [0.15, 0.2) is 59.9 Å². The van der Waals surface area contributed by atoms with Crippen LogP contribution in [0, 0.1) is 5.82 Å². The van der Waals surface area contributed by atoms with E-state index >= 15 is 0 Å². The van der Waals surface area contributed by atoms with Crippen LogP contribution < -0.4 is 10.1 Å². The highest BCUT2D eigenvalue weighted by atomic mass is 32.2. The van der Waals surface area contributed by atoms with Crippen LogP contribution in [0.2, 0.25) is 0 Å². The zero-order valence-corrected chi connectivity index (χ0v) is 17.0. The van der Waals surface area contributed by atoms with Crippen LogP contribution in [0.1, 0.15) is 5.56 Å². The van der Waals surface area contributed by atoms with Crippen molar-refractivity contribution in [1.82, 2.24) is 19.7 Å². The third-order valence-corrected chi connectivity index (χ3v) is 5.30. The minimum Gasteiger partial charge on any atom is -0.496 e. The molecule has 0 spiro atoms. The molecule has 154 valence electrons. The van der Waals surface area contributed by atoms with Gasteiger partial charge in [0.1, 0.15) is 17.4 Å². The van der Waals surface area contributed by atoms with Crippen molar-refractivity contribution in [3.05, 3.63) is 66.1 Å². The van der Waals surface area contributed by atoms with Gasteiger partial charge in [0.15, 0.2) is 5.65 Å². The molecule has 0 saturated heterocycles. The number of halogens is 1. The van der Waals surface area contributed by atoms with Gasteiger partial charge in [-0.25, -0.2) is 22.5 Å². The molecule has 0 saturated carbocycles. The minimum absolute atomic E-state index is 0.291. The van der Waals surface area contributed by atoms with Crippen LogP contribution in [0.25, 0.3) is 16.7 Å². The van der Waals surface area contributed by atoms with Crippen molar-refractivity contribution in [2.45, 2.75) is 11.7 Å². The number of hydrogen-bond donors (Lipinski definition) is 1. The highest BCUT2D eigenvalue weighted by Crippen LogP contribution is 2.26. The Hall–Kier alpha value is -3.53. The fourth-order valence-electron chi connectivity index (χ4n) is 2.99. The highest BCUT2D eigenvalue weighted by Gasteiger charge is 2.19. The number of methoxy groups -OCH3 is 1. The fraction of sp³-hybridized carbons (Fsp3) is 0.150. The van der Waals surface area contributed by atoms with Gasteiger partial charge in [0.05, 0.1) is 24.4 Å². The number of hydrogen-bond acceptors (Lipinski definition) is 7. The molecule has 30 heavy (non-hydrogen) atoms. The summed E-state index contributed by atoms with van der Waals surface area (Å²) in [5.41, 5.74) is 1.71. The number of fused-ring (bicyclic) bond motifs is 1. The van der Waals surface area contributed by atoms with Gasteiger partial charge in [-0.1, -0.05) is 18.2 Å². The van der Waals surface area contributed by atoms with Gasteiger partial charge < -0.3 is 10.1 Å². The second kappa shape index (κ2) is 7.71. The molecule has 0 atom stereocenters. The van der Waals surface area contributed by atoms with Crippen molar-refractivity contribution in [3.63, 3.8) is 0 Å². The smallest absolute Gasteiger partial charge is 0.250 e. The number of benzene rings is 2. The molecule has 1 N–H and O–H groups in total. The molecule has 0 fully saturated rings. The van der Waals surface area contributed by atoms with Crippen molar-refractivity contribution < 1.29 is 17.5 Å². The third kappa shape index (κ3) is 3.81. The number of aromatic nitrogens is 4. The van der Waals surface area contributed by atoms with E-state index in [1.165, 1.54) is 35.1 Å². The number of nitrogens with zero attached hydrogens (tertiary/aromatic N) is 4. The summed E-state index contributed by atoms with van der Waals surface area (Å²) in [7, 11) is -2.10. The van der Waals surface area contributed by atoms with Crippen molar-refractivity contribution in [2.75, 3.05) is 18.7 Å². The predicted molar refractivity (Wildman–Crippen MR) is 110 cm³/mol. The number of sulfone groups is 1. The van der Waals surface area contributed by atoms with Gasteiger partial charge >= 0.3 is 0 Å². The van der Waals surface area contributed by atoms with Crippen molar-refractivity contribution in [2.24, 2.45) is 0 Å². The lowest BCUT2D eigenvalue weighted by Gasteiger charge is -2.11. The van der Waals surface area contributed by atoms with Gasteiger partial charge in [-0.3, -0.25) is 0 Å². The molecule has 10 heteroatoms. The number of ether oxygens (including phenoxy) is 1. The normalized spacial score (nSPS) is 11.6. The quantitative estimate of drug-likeness (QED) is 0.472. The first kappa shape index (κ1) is 19.8. The number of rotatable bonds is 6. The maximum Gasteiger partial charge on any atom is 0.250 e. The van der Waals surface area contributed by atoms with Gasteiger partial charge in [-0.05, 0) is 30.3 Å². The standard InChI is InChI=1S/C20H18FN5O3S/c1-29-17-6-4-3-5-13(17)11-22-18-16-12-23-26(15-9-7-14(21)8-10-15)19(16)25-20(24-18)30(2,27)28/h3-10,12H,11H2,1-2H3,(H,22,24,25). The van der Waals surface area contributed by atoms with Crippen LogP contribution in [0.5, 0.6) is 5.75 Å². The highest BCUT2D eigenvalue weighted by molar-refractivity contribution is 7.90. The molecule has 8 nitrogen and oxygen atoms in total. The van der Waals surface area contributed by atoms with Gasteiger partial charge in [-0.15, -0.1) is 0 Å². The van der Waals surface area contributed by atoms with Crippen LogP contribution in [0.3, 0.4) is 0 Å². The fourth-order valence-corrected chi connectivity index (χ4v) is 3.50. The Kier molecular flexibility index (Phi) is 5.08. The van der Waals surface area contributed by atoms with E-state index < -0.39 is 9.84 Å². The Morgan fingerprint density at radius 3 is 2.53 bits per heavy atom. The van der Waals surface area contributed by atoms with Crippen LogP contribution in [-0.4, -0.2) is 41.5 Å². The molecule has 2 heterocycles. The largest absolute Gasteiger partial charge is 0.496 e. The molecular formula is C20H18FN5O3S. The van der Waals surface area contributed by atoms with E-state index in [1.807, 2.05) is 24.3 Å². The minimum atomic E-state index is -3.68. The molecule has 0 aliphatic heterocycles. The molecule has 0 radical (unpaired) electrons. The van der Waals surface area contributed by atoms with Crippen molar-refractivity contribution >= 4 is 26.7 Å². The summed E-state index contributed by atoms with van der Waals surface area (Å²) < 4.78 is 44.4. The molecule has 0 amide bonds. The Bertz CT molecular complexity index is 1320. The third-order valence-electron chi connectivity index (χ3n) is 4.45. The molecule has 0 aliphatic rings. The number of nitrogens with one attached hydrogen (secondary N) is 1. The van der Waals surface area contributed by atoms with Crippen molar-refractivity contribution in [1.29, 1.82) is 0 Å². The molecule has 0 bridgehead atoms. The van der Waals surface area contributed by atoms with Gasteiger partial charge in [0, 0.05) is 18.4 Å². The van der Waals surface area contributed by atoms with E-state index in [4.69, 9.17) is 4.74 Å². The topological polar surface area (TPSA) is 99.0 Å². The second-order valence-electron chi connectivity index (χ2n) is 6.56. The summed E-state index contributed by atoms with van der Waals surface area (Å²) in [6, 6.07) is 13.1. The summed E-state index contributed by atoms with van der Waals surface area (Å²) in [5.74, 6) is 0.626. The van der Waals surface area contributed by atoms with E-state index in [1.54, 1.807) is 7.11 Å². The second-order valence-corrected chi connectivity index (χ2v) is 8.47. The Morgan fingerprint density at radius 1 is 1.10 bits per heavy atom. The molecular weight excluding hydrogens is 409 g/mol. The zero-order valence-electron chi connectivity index (χ0n) is 16.2. The number of anilines is 1. The summed E-state index contributed by atoms with van der Waals surface area (Å²) in [4.78, 5) is 8.40. The predicted octanol–water partition coefficient (Wildman–Crippen LogP) is 2.98. The summed E-state index contributed by atoms with van der Waals surface area (Å²) in [5, 5.41) is 7.65. The van der Waals surface area contributed by atoms with Gasteiger partial charge in [0.25, 0.3) is 5.16 Å². The molecule has 4 rings (SSSR count). The SMILES string of the molecule is COc1ccccc1CNc1nc(S(C)(=O)=O)nc2c1cnn2-c1ccc(F)cc1. The van der Waals surface area contributed by atoms with E-state index in [9.17, 15) is 12.8 Å². The average molecular weight is 427 g/mol. The Balaban J connectivity index is 1.81. The maximum absolute atomic E-state index is 13.3. The zero-order chi connectivity index (χ0) is 21.3. The van der Waals surface area contributed by atoms with Crippen LogP contribution in [0.4, 0.5) is 10.2 Å². The lowest BCUT2D eigenvalue weighted by Crippen LogP contribution is -2.10. The first-order chi connectivity index (χ1) is 14.4. The van der Waals surface area contributed by atoms with E-state index in [0.717, 1.165) is 11.8 Å². The molecule has 2 aromatic heterocycles. The maximum atomic E-state index is 13.3. The first-order valence-electron chi connectivity index (χ1n) is 8.94. The molecule has 4 aromatic rings. The van der Waals surface area contributed by atoms with Crippen LogP contribution >= 0.6 is 0 Å². The van der Waals surface area contributed by atoms with Crippen LogP contribution in [-0.2, 0) is 16.4 Å². The summed E-state index contributed by atoms with van der Waals surface area (Å²) in [6.45, 7) is 0.348. The van der Waals surface area contributed by atoms with Gasteiger partial charge in [0.2, 0.25) is 9.84 Å². The summed E-state index contributed by atoms with van der Waals surface area (Å²) >= 11 is 0. The lowest BCUT2D eigenvalue weighted by atomic mass is 10.2. The number of para-hydroxylation sites is 1. The van der Waals surface area contributed by atoms with Crippen molar-refractivity contribution in [3.8, 4) is 11.4 Å². The lowest BCUT2D eigenvalue weighted by molar-refractivity contribution is 0.410. The Morgan fingerprint density at radius 2 is 1.83 bits per heavy atom. The van der Waals surface area contributed by atoms with E-state index in [2.05, 4.69) is 20.4 Å². The monoisotopic (exact) mass is 427 g/mol. The average Bonchev–Trinajstić information content (AvgIpc) is 3.16. The molecule has 0 aliphatic carbocycles. The van der Waals surface area contributed by atoms with E-state index in [-0.39, 0.29) is 11.0 Å². The molecule has 2 aromatic carbocycles. The summed E-state index contributed by atoms with van der Waals surface area (Å²) in [6.07, 6.45) is 2.58. The Labute approximate surface area is 172 Å².